The summed E-state index contributed by atoms with van der Waals surface area (Å²) in [6.45, 7) is 2.04. The molecule has 0 fully saturated rings. The Kier molecular flexibility index (Phi) is 6.32. The predicted molar refractivity (Wildman–Crippen MR) is 111 cm³/mol. The standard InChI is InChI=1S/C21H15Cl2FN4O/c1-13-17(20(23)28(27-13)12-14-6-8-16(24)9-7-14)10-15(11-25)21(29)26-19-5-3-2-4-18(19)22/h2-10H,12H2,1H3,(H,26,29)/b15-10+. The van der Waals surface area contributed by atoms with Crippen molar-refractivity contribution in [2.45, 2.75) is 13.5 Å². The van der Waals surface area contributed by atoms with Crippen LogP contribution in [0.2, 0.25) is 10.2 Å². The van der Waals surface area contributed by atoms with Crippen LogP contribution >= 0.6 is 23.2 Å². The average molecular weight is 429 g/mol. The van der Waals surface area contributed by atoms with Crippen LogP contribution in [-0.4, -0.2) is 15.7 Å². The molecule has 0 atom stereocenters. The SMILES string of the molecule is Cc1nn(Cc2ccc(F)cc2)c(Cl)c1/C=C(\C#N)C(=O)Nc1ccccc1Cl. The number of benzene rings is 2. The molecule has 29 heavy (non-hydrogen) atoms. The Balaban J connectivity index is 1.86. The van der Waals surface area contributed by atoms with Crippen LogP contribution in [0.3, 0.4) is 0 Å². The highest BCUT2D eigenvalue weighted by molar-refractivity contribution is 6.34. The highest BCUT2D eigenvalue weighted by Crippen LogP contribution is 2.25. The number of rotatable bonds is 5. The van der Waals surface area contributed by atoms with E-state index in [1.807, 2.05) is 6.07 Å². The van der Waals surface area contributed by atoms with Gasteiger partial charge < -0.3 is 5.32 Å². The topological polar surface area (TPSA) is 70.7 Å². The number of para-hydroxylation sites is 1. The zero-order valence-electron chi connectivity index (χ0n) is 15.3. The number of nitrogens with zero attached hydrogens (tertiary/aromatic N) is 3. The van der Waals surface area contributed by atoms with Gasteiger partial charge in [0.15, 0.2) is 0 Å². The maximum absolute atomic E-state index is 13.1. The fourth-order valence-electron chi connectivity index (χ4n) is 2.64. The number of hydrogen-bond donors (Lipinski definition) is 1. The van der Waals surface area contributed by atoms with Gasteiger partial charge in [-0.3, -0.25) is 4.79 Å². The van der Waals surface area contributed by atoms with E-state index in [1.165, 1.54) is 22.9 Å². The Hall–Kier alpha value is -3.14. The molecule has 1 amide bonds. The maximum Gasteiger partial charge on any atom is 0.266 e. The van der Waals surface area contributed by atoms with Crippen molar-refractivity contribution in [3.05, 3.63) is 86.9 Å². The number of carbonyl (C=O) groups is 1. The molecule has 0 radical (unpaired) electrons. The van der Waals surface area contributed by atoms with E-state index in [2.05, 4.69) is 10.4 Å². The van der Waals surface area contributed by atoms with E-state index < -0.39 is 5.91 Å². The van der Waals surface area contributed by atoms with E-state index in [1.54, 1.807) is 43.3 Å². The van der Waals surface area contributed by atoms with Crippen LogP contribution in [0, 0.1) is 24.1 Å². The van der Waals surface area contributed by atoms with Crippen LogP contribution in [0.5, 0.6) is 0 Å². The highest BCUT2D eigenvalue weighted by Gasteiger charge is 2.17. The Labute approximate surface area is 177 Å². The van der Waals surface area contributed by atoms with Crippen LogP contribution in [0.15, 0.2) is 54.1 Å². The zero-order valence-corrected chi connectivity index (χ0v) is 16.8. The maximum atomic E-state index is 13.1. The van der Waals surface area contributed by atoms with Crippen molar-refractivity contribution in [1.82, 2.24) is 9.78 Å². The summed E-state index contributed by atoms with van der Waals surface area (Å²) in [4.78, 5) is 12.5. The summed E-state index contributed by atoms with van der Waals surface area (Å²) in [5, 5.41) is 17.0. The van der Waals surface area contributed by atoms with Gasteiger partial charge in [0, 0.05) is 5.56 Å². The van der Waals surface area contributed by atoms with E-state index in [-0.39, 0.29) is 16.5 Å². The molecule has 8 heteroatoms. The van der Waals surface area contributed by atoms with Crippen LogP contribution in [0.4, 0.5) is 10.1 Å². The Morgan fingerprint density at radius 2 is 1.93 bits per heavy atom. The Morgan fingerprint density at radius 1 is 1.24 bits per heavy atom. The van der Waals surface area contributed by atoms with Crippen molar-refractivity contribution in [2.75, 3.05) is 5.32 Å². The van der Waals surface area contributed by atoms with Gasteiger partial charge in [-0.05, 0) is 42.8 Å². The summed E-state index contributed by atoms with van der Waals surface area (Å²) < 4.78 is 14.6. The van der Waals surface area contributed by atoms with Gasteiger partial charge in [-0.15, -0.1) is 0 Å². The molecular weight excluding hydrogens is 414 g/mol. The van der Waals surface area contributed by atoms with Gasteiger partial charge >= 0.3 is 0 Å². The van der Waals surface area contributed by atoms with Gasteiger partial charge in [0.2, 0.25) is 0 Å². The third kappa shape index (κ3) is 4.83. The molecule has 0 unspecified atom stereocenters. The molecule has 3 aromatic rings. The number of nitrogens with one attached hydrogen (secondary N) is 1. The first-order valence-corrected chi connectivity index (χ1v) is 9.29. The second kappa shape index (κ2) is 8.91. The molecule has 1 N–H and O–H groups in total. The van der Waals surface area contributed by atoms with Gasteiger partial charge in [-0.1, -0.05) is 47.5 Å². The minimum atomic E-state index is -0.609. The molecule has 0 aliphatic carbocycles. The number of hydrogen-bond acceptors (Lipinski definition) is 3. The molecule has 3 rings (SSSR count). The fourth-order valence-corrected chi connectivity index (χ4v) is 3.12. The lowest BCUT2D eigenvalue weighted by molar-refractivity contribution is -0.112. The van der Waals surface area contributed by atoms with E-state index in [0.29, 0.717) is 28.5 Å². The molecule has 1 heterocycles. The lowest BCUT2D eigenvalue weighted by Gasteiger charge is -2.06. The van der Waals surface area contributed by atoms with E-state index in [4.69, 9.17) is 23.2 Å². The second-order valence-electron chi connectivity index (χ2n) is 6.18. The first-order chi connectivity index (χ1) is 13.9. The largest absolute Gasteiger partial charge is 0.320 e. The molecule has 1 aromatic heterocycles. The van der Waals surface area contributed by atoms with E-state index in [0.717, 1.165) is 5.56 Å². The van der Waals surface area contributed by atoms with Crippen LogP contribution in [0.1, 0.15) is 16.8 Å². The second-order valence-corrected chi connectivity index (χ2v) is 6.94. The van der Waals surface area contributed by atoms with Crippen LogP contribution in [0.25, 0.3) is 6.08 Å². The molecule has 0 bridgehead atoms. The molecule has 0 spiro atoms. The number of anilines is 1. The monoisotopic (exact) mass is 428 g/mol. The van der Waals surface area contributed by atoms with E-state index >= 15 is 0 Å². The summed E-state index contributed by atoms with van der Waals surface area (Å²) in [7, 11) is 0. The third-order valence-electron chi connectivity index (χ3n) is 4.13. The Bertz CT molecular complexity index is 1130. The lowest BCUT2D eigenvalue weighted by atomic mass is 10.1. The van der Waals surface area contributed by atoms with Crippen molar-refractivity contribution in [3.8, 4) is 6.07 Å². The molecule has 2 aromatic carbocycles. The highest BCUT2D eigenvalue weighted by atomic mass is 35.5. The smallest absolute Gasteiger partial charge is 0.266 e. The van der Waals surface area contributed by atoms with Gasteiger partial charge in [0.25, 0.3) is 5.91 Å². The third-order valence-corrected chi connectivity index (χ3v) is 4.86. The van der Waals surface area contributed by atoms with Crippen molar-refractivity contribution in [2.24, 2.45) is 0 Å². The van der Waals surface area contributed by atoms with Crippen molar-refractivity contribution in [3.63, 3.8) is 0 Å². The zero-order chi connectivity index (χ0) is 21.0. The summed E-state index contributed by atoms with van der Waals surface area (Å²) >= 11 is 12.5. The summed E-state index contributed by atoms with van der Waals surface area (Å²) in [6, 6.07) is 14.6. The number of carbonyl (C=O) groups excluding carboxylic acids is 1. The number of amides is 1. The number of aromatic nitrogens is 2. The molecule has 0 aliphatic rings. The van der Waals surface area contributed by atoms with Gasteiger partial charge in [0.1, 0.15) is 22.6 Å². The first-order valence-electron chi connectivity index (χ1n) is 8.54. The first kappa shape index (κ1) is 20.6. The number of nitriles is 1. The molecule has 0 saturated carbocycles. The van der Waals surface area contributed by atoms with Crippen LogP contribution < -0.4 is 5.32 Å². The molecule has 0 saturated heterocycles. The molecule has 146 valence electrons. The number of aryl methyl sites for hydroxylation is 1. The molecule has 5 nitrogen and oxygen atoms in total. The summed E-state index contributed by atoms with van der Waals surface area (Å²) in [5.41, 5.74) is 2.07. The quantitative estimate of drug-likeness (QED) is 0.446. The normalized spacial score (nSPS) is 11.2. The Morgan fingerprint density at radius 3 is 2.59 bits per heavy atom. The summed E-state index contributed by atoms with van der Waals surface area (Å²) in [6.07, 6.45) is 1.39. The minimum absolute atomic E-state index is 0.142. The van der Waals surface area contributed by atoms with E-state index in [9.17, 15) is 14.4 Å². The van der Waals surface area contributed by atoms with Gasteiger partial charge in [-0.2, -0.15) is 10.4 Å². The van der Waals surface area contributed by atoms with Crippen LogP contribution in [-0.2, 0) is 11.3 Å². The molecular formula is C21H15Cl2FN4O. The summed E-state index contributed by atoms with van der Waals surface area (Å²) in [5.74, 6) is -0.939. The fraction of sp³-hybridized carbons (Fsp3) is 0.0952. The molecule has 0 aliphatic heterocycles. The number of halogens is 3. The average Bonchev–Trinajstić information content (AvgIpc) is 2.96. The van der Waals surface area contributed by atoms with Crippen molar-refractivity contribution in [1.29, 1.82) is 5.26 Å². The predicted octanol–water partition coefficient (Wildman–Crippen LogP) is 5.23. The lowest BCUT2D eigenvalue weighted by Crippen LogP contribution is -2.13. The van der Waals surface area contributed by atoms with Gasteiger partial charge in [-0.25, -0.2) is 9.07 Å². The van der Waals surface area contributed by atoms with Gasteiger partial charge in [0.05, 0.1) is 22.9 Å². The minimum Gasteiger partial charge on any atom is -0.320 e. The van der Waals surface area contributed by atoms with Crippen molar-refractivity contribution < 1.29 is 9.18 Å². The van der Waals surface area contributed by atoms with Crippen molar-refractivity contribution >= 4 is 40.9 Å².